The van der Waals surface area contributed by atoms with Crippen molar-refractivity contribution < 1.29 is 9.84 Å². The highest BCUT2D eigenvalue weighted by atomic mass is 16.5. The Bertz CT molecular complexity index is 332. The Morgan fingerprint density at radius 3 is 2.47 bits per heavy atom. The Labute approximate surface area is 116 Å². The van der Waals surface area contributed by atoms with Gasteiger partial charge in [0.25, 0.3) is 0 Å². The van der Waals surface area contributed by atoms with Crippen LogP contribution in [-0.4, -0.2) is 63.1 Å². The first kappa shape index (κ1) is 16.0. The molecule has 0 saturated heterocycles. The van der Waals surface area contributed by atoms with Gasteiger partial charge in [-0.25, -0.2) is 0 Å². The molecule has 0 bridgehead atoms. The van der Waals surface area contributed by atoms with Crippen molar-refractivity contribution in [2.45, 2.75) is 13.0 Å². The summed E-state index contributed by atoms with van der Waals surface area (Å²) in [6.45, 7) is 5.48. The van der Waals surface area contributed by atoms with Crippen LogP contribution in [0.1, 0.15) is 6.92 Å². The van der Waals surface area contributed by atoms with Gasteiger partial charge >= 0.3 is 0 Å². The standard InChI is InChI=1S/C15H26N2O2/c1-4-19-13-15(18)12-16(2)10-11-17(3)14-8-6-5-7-9-14/h5-9,15,18H,4,10-13H2,1-3H3. The molecule has 0 fully saturated rings. The molecule has 108 valence electrons. The van der Waals surface area contributed by atoms with Crippen molar-refractivity contribution in [2.75, 3.05) is 51.8 Å². The minimum absolute atomic E-state index is 0.410. The van der Waals surface area contributed by atoms with Gasteiger partial charge in [-0.05, 0) is 26.1 Å². The van der Waals surface area contributed by atoms with Crippen LogP contribution in [0.15, 0.2) is 30.3 Å². The number of para-hydroxylation sites is 1. The van der Waals surface area contributed by atoms with Crippen LogP contribution in [0.25, 0.3) is 0 Å². The molecule has 0 radical (unpaired) electrons. The monoisotopic (exact) mass is 266 g/mol. The van der Waals surface area contributed by atoms with Crippen molar-refractivity contribution in [1.82, 2.24) is 4.90 Å². The summed E-state index contributed by atoms with van der Waals surface area (Å²) in [7, 11) is 4.10. The average Bonchev–Trinajstić information content (AvgIpc) is 2.43. The van der Waals surface area contributed by atoms with Crippen LogP contribution in [0.2, 0.25) is 0 Å². The van der Waals surface area contributed by atoms with Crippen LogP contribution in [0.3, 0.4) is 0 Å². The lowest BCUT2D eigenvalue weighted by Gasteiger charge is -2.25. The van der Waals surface area contributed by atoms with Crippen molar-refractivity contribution in [2.24, 2.45) is 0 Å². The minimum Gasteiger partial charge on any atom is -0.389 e. The summed E-state index contributed by atoms with van der Waals surface area (Å²) in [4.78, 5) is 4.34. The topological polar surface area (TPSA) is 35.9 Å². The van der Waals surface area contributed by atoms with Gasteiger partial charge in [0.2, 0.25) is 0 Å². The molecule has 0 aromatic heterocycles. The van der Waals surface area contributed by atoms with Crippen molar-refractivity contribution in [3.05, 3.63) is 30.3 Å². The Morgan fingerprint density at radius 2 is 1.84 bits per heavy atom. The third-order valence-electron chi connectivity index (χ3n) is 3.05. The Hall–Kier alpha value is -1.10. The Morgan fingerprint density at radius 1 is 1.16 bits per heavy atom. The molecule has 0 heterocycles. The summed E-state index contributed by atoms with van der Waals surface area (Å²) in [6.07, 6.45) is -0.410. The summed E-state index contributed by atoms with van der Waals surface area (Å²) >= 11 is 0. The lowest BCUT2D eigenvalue weighted by Crippen LogP contribution is -2.37. The van der Waals surface area contributed by atoms with Crippen LogP contribution >= 0.6 is 0 Å². The number of likely N-dealkylation sites (N-methyl/N-ethyl adjacent to an activating group) is 2. The number of rotatable bonds is 9. The highest BCUT2D eigenvalue weighted by molar-refractivity contribution is 5.44. The largest absolute Gasteiger partial charge is 0.389 e. The van der Waals surface area contributed by atoms with E-state index < -0.39 is 6.10 Å². The highest BCUT2D eigenvalue weighted by Crippen LogP contribution is 2.10. The molecule has 0 saturated carbocycles. The van der Waals surface area contributed by atoms with Gasteiger partial charge in [0, 0.05) is 39.0 Å². The van der Waals surface area contributed by atoms with Gasteiger partial charge < -0.3 is 19.6 Å². The van der Waals surface area contributed by atoms with Gasteiger partial charge in [-0.3, -0.25) is 0 Å². The van der Waals surface area contributed by atoms with Crippen LogP contribution in [-0.2, 0) is 4.74 Å². The van der Waals surface area contributed by atoms with E-state index in [4.69, 9.17) is 4.74 Å². The fraction of sp³-hybridized carbons (Fsp3) is 0.600. The molecular formula is C15H26N2O2. The molecular weight excluding hydrogens is 240 g/mol. The molecule has 0 aliphatic rings. The second-order valence-corrected chi connectivity index (χ2v) is 4.83. The number of aliphatic hydroxyl groups excluding tert-OH is 1. The van der Waals surface area contributed by atoms with E-state index in [-0.39, 0.29) is 0 Å². The van der Waals surface area contributed by atoms with E-state index in [1.807, 2.05) is 32.2 Å². The fourth-order valence-corrected chi connectivity index (χ4v) is 1.89. The molecule has 0 spiro atoms. The van der Waals surface area contributed by atoms with Gasteiger partial charge in [-0.1, -0.05) is 18.2 Å². The first-order chi connectivity index (χ1) is 9.13. The summed E-state index contributed by atoms with van der Waals surface area (Å²) < 4.78 is 5.20. The zero-order chi connectivity index (χ0) is 14.1. The van der Waals surface area contributed by atoms with Crippen molar-refractivity contribution in [3.8, 4) is 0 Å². The smallest absolute Gasteiger partial charge is 0.0900 e. The molecule has 1 aromatic carbocycles. The SMILES string of the molecule is CCOCC(O)CN(C)CCN(C)c1ccccc1. The van der Waals surface area contributed by atoms with E-state index in [2.05, 4.69) is 29.0 Å². The van der Waals surface area contributed by atoms with Gasteiger partial charge in [-0.2, -0.15) is 0 Å². The van der Waals surface area contributed by atoms with E-state index in [0.717, 1.165) is 13.1 Å². The summed E-state index contributed by atoms with van der Waals surface area (Å²) in [5.41, 5.74) is 1.21. The molecule has 4 heteroatoms. The molecule has 0 amide bonds. The normalized spacial score (nSPS) is 12.7. The Kier molecular flexibility index (Phi) is 7.48. The van der Waals surface area contributed by atoms with E-state index in [1.165, 1.54) is 5.69 Å². The number of hydrogen-bond acceptors (Lipinski definition) is 4. The molecule has 0 aliphatic heterocycles. The molecule has 1 rings (SSSR count). The second-order valence-electron chi connectivity index (χ2n) is 4.83. The first-order valence-corrected chi connectivity index (χ1v) is 6.84. The van der Waals surface area contributed by atoms with E-state index in [0.29, 0.717) is 19.8 Å². The average molecular weight is 266 g/mol. The van der Waals surface area contributed by atoms with Gasteiger partial charge in [0.1, 0.15) is 0 Å². The van der Waals surface area contributed by atoms with Gasteiger partial charge in [0.05, 0.1) is 12.7 Å². The highest BCUT2D eigenvalue weighted by Gasteiger charge is 2.09. The number of hydrogen-bond donors (Lipinski definition) is 1. The van der Waals surface area contributed by atoms with Crippen molar-refractivity contribution >= 4 is 5.69 Å². The number of ether oxygens (including phenoxy) is 1. The third-order valence-corrected chi connectivity index (χ3v) is 3.05. The van der Waals surface area contributed by atoms with Crippen LogP contribution < -0.4 is 4.90 Å². The van der Waals surface area contributed by atoms with Crippen LogP contribution in [0, 0.1) is 0 Å². The second kappa shape index (κ2) is 8.91. The quantitative estimate of drug-likeness (QED) is 0.734. The third kappa shape index (κ3) is 6.57. The zero-order valence-corrected chi connectivity index (χ0v) is 12.2. The first-order valence-electron chi connectivity index (χ1n) is 6.84. The molecule has 19 heavy (non-hydrogen) atoms. The summed E-state index contributed by atoms with van der Waals surface area (Å²) in [5, 5.41) is 9.75. The van der Waals surface area contributed by atoms with E-state index >= 15 is 0 Å². The molecule has 1 unspecified atom stereocenters. The predicted molar refractivity (Wildman–Crippen MR) is 79.7 cm³/mol. The zero-order valence-electron chi connectivity index (χ0n) is 12.2. The molecule has 1 aromatic rings. The van der Waals surface area contributed by atoms with Crippen LogP contribution in [0.4, 0.5) is 5.69 Å². The summed E-state index contributed by atoms with van der Waals surface area (Å²) in [5.74, 6) is 0. The van der Waals surface area contributed by atoms with Crippen molar-refractivity contribution in [3.63, 3.8) is 0 Å². The maximum atomic E-state index is 9.75. The Balaban J connectivity index is 2.24. The van der Waals surface area contributed by atoms with E-state index in [9.17, 15) is 5.11 Å². The predicted octanol–water partition coefficient (Wildman–Crippen LogP) is 1.45. The van der Waals surface area contributed by atoms with Gasteiger partial charge in [0.15, 0.2) is 0 Å². The lowest BCUT2D eigenvalue weighted by atomic mass is 10.3. The van der Waals surface area contributed by atoms with Crippen molar-refractivity contribution in [1.29, 1.82) is 0 Å². The maximum Gasteiger partial charge on any atom is 0.0900 e. The number of benzene rings is 1. The lowest BCUT2D eigenvalue weighted by molar-refractivity contribution is 0.0260. The molecule has 1 atom stereocenters. The molecule has 0 aliphatic carbocycles. The van der Waals surface area contributed by atoms with Crippen LogP contribution in [0.5, 0.6) is 0 Å². The number of nitrogens with zero attached hydrogens (tertiary/aromatic N) is 2. The molecule has 4 nitrogen and oxygen atoms in total. The maximum absolute atomic E-state index is 9.75. The van der Waals surface area contributed by atoms with E-state index in [1.54, 1.807) is 0 Å². The number of aliphatic hydroxyl groups is 1. The van der Waals surface area contributed by atoms with Gasteiger partial charge in [-0.15, -0.1) is 0 Å². The molecule has 1 N–H and O–H groups in total. The summed E-state index contributed by atoms with van der Waals surface area (Å²) in [6, 6.07) is 10.3. The fourth-order valence-electron chi connectivity index (χ4n) is 1.89. The minimum atomic E-state index is -0.410. The number of anilines is 1.